The van der Waals surface area contributed by atoms with E-state index < -0.39 is 0 Å². The van der Waals surface area contributed by atoms with Gasteiger partial charge in [-0.2, -0.15) is 0 Å². The minimum Gasteiger partial charge on any atom is -0.465 e. The summed E-state index contributed by atoms with van der Waals surface area (Å²) in [7, 11) is 0. The van der Waals surface area contributed by atoms with Crippen LogP contribution >= 0.6 is 11.8 Å². The first-order valence-electron chi connectivity index (χ1n) is 4.51. The van der Waals surface area contributed by atoms with E-state index in [4.69, 9.17) is 4.42 Å². The van der Waals surface area contributed by atoms with Crippen LogP contribution in [0, 0.1) is 0 Å². The van der Waals surface area contributed by atoms with Crippen molar-refractivity contribution in [2.45, 2.75) is 6.92 Å². The van der Waals surface area contributed by atoms with Crippen molar-refractivity contribution >= 4 is 29.0 Å². The molecule has 1 aromatic heterocycles. The molecule has 0 unspecified atom stereocenters. The highest BCUT2D eigenvalue weighted by atomic mass is 32.2. The number of amides is 2. The maximum absolute atomic E-state index is 11.6. The Labute approximate surface area is 90.9 Å². The van der Waals surface area contributed by atoms with Gasteiger partial charge >= 0.3 is 0 Å². The summed E-state index contributed by atoms with van der Waals surface area (Å²) in [5, 5.41) is -0.222. The average Bonchev–Trinajstić information content (AvgIpc) is 2.78. The summed E-state index contributed by atoms with van der Waals surface area (Å²) in [6, 6.07) is 3.47. The lowest BCUT2D eigenvalue weighted by Gasteiger charge is -2.06. The third kappa shape index (κ3) is 1.83. The first-order valence-corrected chi connectivity index (χ1v) is 5.33. The van der Waals surface area contributed by atoms with Crippen LogP contribution in [0.15, 0.2) is 27.7 Å². The lowest BCUT2D eigenvalue weighted by atomic mass is 10.3. The van der Waals surface area contributed by atoms with Crippen LogP contribution in [0.5, 0.6) is 0 Å². The number of hydrogen-bond acceptors (Lipinski definition) is 4. The Balaban J connectivity index is 2.26. The Hall–Kier alpha value is -1.49. The third-order valence-electron chi connectivity index (χ3n) is 2.01. The van der Waals surface area contributed by atoms with Crippen molar-refractivity contribution in [3.05, 3.63) is 29.1 Å². The number of likely N-dealkylation sites (N-methyl/N-ethyl adjacent to an activating group) is 1. The van der Waals surface area contributed by atoms with Crippen LogP contribution in [0.3, 0.4) is 0 Å². The van der Waals surface area contributed by atoms with Crippen molar-refractivity contribution in [3.8, 4) is 0 Å². The SMILES string of the molecule is CCN1C(=O)S/C(=C/c2ccco2)C1=O. The molecule has 2 heterocycles. The smallest absolute Gasteiger partial charge is 0.293 e. The van der Waals surface area contributed by atoms with Gasteiger partial charge in [-0.15, -0.1) is 0 Å². The second-order valence-corrected chi connectivity index (χ2v) is 3.93. The van der Waals surface area contributed by atoms with Crippen molar-refractivity contribution in [1.29, 1.82) is 0 Å². The van der Waals surface area contributed by atoms with Crippen molar-refractivity contribution in [1.82, 2.24) is 4.90 Å². The van der Waals surface area contributed by atoms with Crippen LogP contribution in [0.25, 0.3) is 6.08 Å². The van der Waals surface area contributed by atoms with Gasteiger partial charge in [0.1, 0.15) is 5.76 Å². The number of imide groups is 1. The van der Waals surface area contributed by atoms with Crippen molar-refractivity contribution in [2.75, 3.05) is 6.54 Å². The van der Waals surface area contributed by atoms with Gasteiger partial charge in [0.25, 0.3) is 11.1 Å². The Bertz CT molecular complexity index is 422. The summed E-state index contributed by atoms with van der Waals surface area (Å²) in [4.78, 5) is 24.6. The largest absolute Gasteiger partial charge is 0.465 e. The van der Waals surface area contributed by atoms with Gasteiger partial charge in [-0.05, 0) is 30.8 Å². The van der Waals surface area contributed by atoms with Crippen LogP contribution in [0.4, 0.5) is 4.79 Å². The molecule has 1 aliphatic rings. The lowest BCUT2D eigenvalue weighted by Crippen LogP contribution is -2.27. The molecule has 1 aliphatic heterocycles. The van der Waals surface area contributed by atoms with Crippen LogP contribution in [-0.4, -0.2) is 22.6 Å². The molecular weight excluding hydrogens is 214 g/mol. The fourth-order valence-corrected chi connectivity index (χ4v) is 2.16. The van der Waals surface area contributed by atoms with Gasteiger partial charge < -0.3 is 4.42 Å². The standard InChI is InChI=1S/C10H9NO3S/c1-2-11-9(12)8(15-10(11)13)6-7-4-3-5-14-7/h3-6H,2H2,1H3/b8-6+. The molecule has 0 saturated carbocycles. The Kier molecular flexibility index (Phi) is 2.64. The predicted molar refractivity (Wildman–Crippen MR) is 57.1 cm³/mol. The summed E-state index contributed by atoms with van der Waals surface area (Å²) in [6.07, 6.45) is 3.11. The van der Waals surface area contributed by atoms with Gasteiger partial charge in [0.05, 0.1) is 11.2 Å². The molecule has 0 N–H and O–H groups in total. The molecule has 5 heteroatoms. The van der Waals surface area contributed by atoms with E-state index in [2.05, 4.69) is 0 Å². The van der Waals surface area contributed by atoms with Crippen molar-refractivity contribution < 1.29 is 14.0 Å². The molecule has 0 bridgehead atoms. The minimum atomic E-state index is -0.246. The van der Waals surface area contributed by atoms with Crippen LogP contribution in [-0.2, 0) is 4.79 Å². The molecule has 0 atom stereocenters. The minimum absolute atomic E-state index is 0.222. The fraction of sp³-hybridized carbons (Fsp3) is 0.200. The quantitative estimate of drug-likeness (QED) is 0.722. The summed E-state index contributed by atoms with van der Waals surface area (Å²) in [5.41, 5.74) is 0. The van der Waals surface area contributed by atoms with E-state index in [0.717, 1.165) is 11.8 Å². The molecule has 15 heavy (non-hydrogen) atoms. The molecule has 1 saturated heterocycles. The zero-order valence-electron chi connectivity index (χ0n) is 8.10. The number of rotatable bonds is 2. The van der Waals surface area contributed by atoms with E-state index in [1.54, 1.807) is 25.1 Å². The van der Waals surface area contributed by atoms with E-state index in [9.17, 15) is 9.59 Å². The highest BCUT2D eigenvalue weighted by molar-refractivity contribution is 8.18. The van der Waals surface area contributed by atoms with Crippen LogP contribution in [0.2, 0.25) is 0 Å². The van der Waals surface area contributed by atoms with Gasteiger partial charge in [-0.1, -0.05) is 0 Å². The number of carbonyl (C=O) groups is 2. The normalized spacial score (nSPS) is 19.3. The van der Waals surface area contributed by atoms with Gasteiger partial charge in [0, 0.05) is 12.6 Å². The van der Waals surface area contributed by atoms with Gasteiger partial charge in [0.2, 0.25) is 0 Å². The van der Waals surface area contributed by atoms with E-state index in [1.165, 1.54) is 11.2 Å². The van der Waals surface area contributed by atoms with E-state index in [0.29, 0.717) is 17.2 Å². The molecule has 1 aromatic rings. The highest BCUT2D eigenvalue weighted by Crippen LogP contribution is 2.31. The molecule has 0 radical (unpaired) electrons. The highest BCUT2D eigenvalue weighted by Gasteiger charge is 2.33. The van der Waals surface area contributed by atoms with Gasteiger partial charge in [-0.25, -0.2) is 0 Å². The summed E-state index contributed by atoms with van der Waals surface area (Å²) in [6.45, 7) is 2.17. The topological polar surface area (TPSA) is 50.5 Å². The molecule has 0 aromatic carbocycles. The summed E-state index contributed by atoms with van der Waals surface area (Å²) >= 11 is 0.943. The van der Waals surface area contributed by atoms with E-state index in [1.807, 2.05) is 0 Å². The molecule has 78 valence electrons. The number of hydrogen-bond donors (Lipinski definition) is 0. The molecule has 0 spiro atoms. The number of thioether (sulfide) groups is 1. The first kappa shape index (κ1) is 10.0. The van der Waals surface area contributed by atoms with Crippen molar-refractivity contribution in [3.63, 3.8) is 0 Å². The maximum atomic E-state index is 11.6. The molecule has 2 amide bonds. The second-order valence-electron chi connectivity index (χ2n) is 2.94. The molecule has 2 rings (SSSR count). The predicted octanol–water partition coefficient (Wildman–Crippen LogP) is 2.34. The second kappa shape index (κ2) is 3.94. The Morgan fingerprint density at radius 1 is 1.53 bits per heavy atom. The summed E-state index contributed by atoms with van der Waals surface area (Å²) in [5.74, 6) is 0.334. The zero-order valence-corrected chi connectivity index (χ0v) is 8.91. The third-order valence-corrected chi connectivity index (χ3v) is 2.91. The van der Waals surface area contributed by atoms with Crippen LogP contribution in [0.1, 0.15) is 12.7 Å². The number of furan rings is 1. The molecular formula is C10H9NO3S. The van der Waals surface area contributed by atoms with Gasteiger partial charge in [-0.3, -0.25) is 14.5 Å². The average molecular weight is 223 g/mol. The lowest BCUT2D eigenvalue weighted by molar-refractivity contribution is -0.122. The van der Waals surface area contributed by atoms with E-state index in [-0.39, 0.29) is 11.1 Å². The zero-order chi connectivity index (χ0) is 10.8. The van der Waals surface area contributed by atoms with Crippen molar-refractivity contribution in [2.24, 2.45) is 0 Å². The molecule has 4 nitrogen and oxygen atoms in total. The Morgan fingerprint density at radius 2 is 2.33 bits per heavy atom. The fourth-order valence-electron chi connectivity index (χ4n) is 1.28. The molecule has 1 fully saturated rings. The van der Waals surface area contributed by atoms with Gasteiger partial charge in [0.15, 0.2) is 0 Å². The Morgan fingerprint density at radius 3 is 2.87 bits per heavy atom. The summed E-state index contributed by atoms with van der Waals surface area (Å²) < 4.78 is 5.08. The van der Waals surface area contributed by atoms with E-state index >= 15 is 0 Å². The maximum Gasteiger partial charge on any atom is 0.293 e. The molecule has 0 aliphatic carbocycles. The first-order chi connectivity index (χ1) is 7.22. The monoisotopic (exact) mass is 223 g/mol. The number of nitrogens with zero attached hydrogens (tertiary/aromatic N) is 1. The van der Waals surface area contributed by atoms with Crippen LogP contribution < -0.4 is 0 Å². The number of carbonyl (C=O) groups excluding carboxylic acids is 2.